The first kappa shape index (κ1) is 29.1. The summed E-state index contributed by atoms with van der Waals surface area (Å²) in [5.41, 5.74) is -1.40. The molecule has 1 aromatic carbocycles. The van der Waals surface area contributed by atoms with E-state index < -0.39 is 98.7 Å². The van der Waals surface area contributed by atoms with Crippen LogP contribution in [0.3, 0.4) is 0 Å². The van der Waals surface area contributed by atoms with Gasteiger partial charge in [-0.2, -0.15) is 13.2 Å². The summed E-state index contributed by atoms with van der Waals surface area (Å²) in [6, 6.07) is -0.311. The van der Waals surface area contributed by atoms with E-state index in [0.717, 1.165) is 31.7 Å². The molecule has 0 bridgehead atoms. The van der Waals surface area contributed by atoms with Crippen molar-refractivity contribution < 1.29 is 48.0 Å². The number of aliphatic hydroxyl groups is 3. The second-order valence-corrected chi connectivity index (χ2v) is 11.6. The number of nitrogens with two attached hydrogens (primary N) is 1. The van der Waals surface area contributed by atoms with Crippen molar-refractivity contribution in [1.82, 2.24) is 10.2 Å². The second kappa shape index (κ2) is 9.85. The number of nitrogens with one attached hydrogen (secondary N) is 1. The van der Waals surface area contributed by atoms with Gasteiger partial charge in [-0.05, 0) is 62.9 Å². The van der Waals surface area contributed by atoms with Crippen LogP contribution in [0.4, 0.5) is 13.2 Å². The van der Waals surface area contributed by atoms with Crippen molar-refractivity contribution in [1.29, 1.82) is 0 Å². The number of nitrogens with zero attached hydrogens (tertiary/aromatic N) is 1. The van der Waals surface area contributed by atoms with Gasteiger partial charge in [0.1, 0.15) is 22.8 Å². The number of phenolic OH excluding ortho intramolecular Hbond substituents is 1. The van der Waals surface area contributed by atoms with Gasteiger partial charge in [-0.3, -0.25) is 19.3 Å². The minimum atomic E-state index is -4.88. The Morgan fingerprint density at radius 1 is 1.17 bits per heavy atom. The van der Waals surface area contributed by atoms with E-state index in [-0.39, 0.29) is 24.6 Å². The molecule has 41 heavy (non-hydrogen) atoms. The fourth-order valence-electron chi connectivity index (χ4n) is 7.27. The number of halogens is 3. The average molecular weight is 580 g/mol. The summed E-state index contributed by atoms with van der Waals surface area (Å²) in [5.74, 6) is -8.97. The van der Waals surface area contributed by atoms with Crippen LogP contribution in [0.15, 0.2) is 28.7 Å². The van der Waals surface area contributed by atoms with E-state index in [1.807, 2.05) is 0 Å². The number of allylic oxidation sites excluding steroid dienone is 1. The minimum absolute atomic E-state index is 0.0382. The number of likely N-dealkylation sites (N-methyl/N-ethyl adjacent to an activating group) is 1. The molecule has 1 fully saturated rings. The zero-order valence-corrected chi connectivity index (χ0v) is 22.5. The van der Waals surface area contributed by atoms with Crippen molar-refractivity contribution in [3.63, 3.8) is 0 Å². The Morgan fingerprint density at radius 3 is 2.37 bits per heavy atom. The van der Waals surface area contributed by atoms with E-state index in [4.69, 9.17) is 5.73 Å². The Labute approximate surface area is 233 Å². The molecule has 0 aliphatic heterocycles. The van der Waals surface area contributed by atoms with Crippen LogP contribution in [0.2, 0.25) is 0 Å². The maximum Gasteiger partial charge on any atom is 0.417 e. The first-order valence-corrected chi connectivity index (χ1v) is 13.4. The number of ketones is 2. The van der Waals surface area contributed by atoms with Crippen molar-refractivity contribution >= 4 is 17.5 Å². The number of phenols is 1. The van der Waals surface area contributed by atoms with Gasteiger partial charge in [0.05, 0.1) is 17.2 Å². The fourth-order valence-corrected chi connectivity index (χ4v) is 7.27. The Kier molecular flexibility index (Phi) is 6.98. The van der Waals surface area contributed by atoms with Crippen LogP contribution in [-0.2, 0) is 28.7 Å². The summed E-state index contributed by atoms with van der Waals surface area (Å²) in [4.78, 5) is 40.5. The lowest BCUT2D eigenvalue weighted by Gasteiger charge is -2.50. The molecular weight excluding hydrogens is 547 g/mol. The van der Waals surface area contributed by atoms with E-state index in [9.17, 15) is 48.0 Å². The number of fused-ring (bicyclic) bond motifs is 3. The molecule has 7 N–H and O–H groups in total. The predicted molar refractivity (Wildman–Crippen MR) is 138 cm³/mol. The number of carbonyl (C=O) groups excluding carboxylic acids is 3. The largest absolute Gasteiger partial charge is 0.510 e. The number of benzene rings is 1. The van der Waals surface area contributed by atoms with Crippen LogP contribution in [0, 0.1) is 11.8 Å². The molecule has 10 nitrogen and oxygen atoms in total. The van der Waals surface area contributed by atoms with Gasteiger partial charge in [0.2, 0.25) is 5.78 Å². The molecule has 1 amide bonds. The van der Waals surface area contributed by atoms with E-state index in [2.05, 4.69) is 5.32 Å². The number of primary amides is 1. The van der Waals surface area contributed by atoms with E-state index in [0.29, 0.717) is 0 Å². The molecule has 4 aliphatic carbocycles. The summed E-state index contributed by atoms with van der Waals surface area (Å²) in [7, 11) is 2.94. The monoisotopic (exact) mass is 579 g/mol. The quantitative estimate of drug-likeness (QED) is 0.286. The van der Waals surface area contributed by atoms with Gasteiger partial charge >= 0.3 is 6.18 Å². The van der Waals surface area contributed by atoms with Crippen molar-refractivity contribution in [3.8, 4) is 5.75 Å². The number of hydrogen-bond acceptors (Lipinski definition) is 9. The summed E-state index contributed by atoms with van der Waals surface area (Å²) in [6.45, 7) is -0.179. The molecular formula is C28H32F3N3O7. The first-order chi connectivity index (χ1) is 19.1. The van der Waals surface area contributed by atoms with E-state index in [1.54, 1.807) is 0 Å². The third kappa shape index (κ3) is 4.32. The lowest BCUT2D eigenvalue weighted by molar-refractivity contribution is -0.148. The highest BCUT2D eigenvalue weighted by Crippen LogP contribution is 2.53. The Bertz CT molecular complexity index is 1410. The van der Waals surface area contributed by atoms with Crippen LogP contribution >= 0.6 is 0 Å². The van der Waals surface area contributed by atoms with E-state index in [1.165, 1.54) is 19.0 Å². The molecule has 0 unspecified atom stereocenters. The summed E-state index contributed by atoms with van der Waals surface area (Å²) in [6.07, 6.45) is -2.05. The minimum Gasteiger partial charge on any atom is -0.510 e. The van der Waals surface area contributed by atoms with Crippen LogP contribution in [-0.4, -0.2) is 74.6 Å². The fraction of sp³-hybridized carbons (Fsp3) is 0.536. The zero-order valence-electron chi connectivity index (χ0n) is 22.5. The van der Waals surface area contributed by atoms with Crippen molar-refractivity contribution in [2.24, 2.45) is 17.6 Å². The highest BCUT2D eigenvalue weighted by molar-refractivity contribution is 6.24. The van der Waals surface area contributed by atoms with Gasteiger partial charge in [0, 0.05) is 24.1 Å². The topological polar surface area (TPSA) is 173 Å². The van der Waals surface area contributed by atoms with Gasteiger partial charge in [-0.1, -0.05) is 12.8 Å². The number of amides is 1. The molecule has 0 aromatic heterocycles. The Morgan fingerprint density at radius 2 is 1.80 bits per heavy atom. The van der Waals surface area contributed by atoms with Gasteiger partial charge in [0.15, 0.2) is 11.4 Å². The van der Waals surface area contributed by atoms with Gasteiger partial charge < -0.3 is 31.5 Å². The van der Waals surface area contributed by atoms with Crippen molar-refractivity contribution in [2.45, 2.75) is 68.9 Å². The molecule has 0 radical (unpaired) electrons. The number of alkyl halides is 3. The molecule has 0 spiro atoms. The molecule has 4 atom stereocenters. The standard InChI is InChI=1S/C28H32F3N3O7/c1-34(2)21-15-8-11-7-14-18(16(35)9-12(20(14)28(29,30)31)10-33-13-5-3-4-6-13)22(36)17(11)24(38)27(15,41)25(39)19(23(21)37)26(32)40/h9,11,13,15,21,33,35,37-38,41H,3-8,10H2,1-2H3,(H2,32,40)/t11-,15-,21-,27-/m0/s1. The Balaban J connectivity index is 1.67. The number of aromatic hydroxyl groups is 1. The van der Waals surface area contributed by atoms with Gasteiger partial charge in [0.25, 0.3) is 5.91 Å². The smallest absolute Gasteiger partial charge is 0.417 e. The lowest BCUT2D eigenvalue weighted by atomic mass is 9.58. The predicted octanol–water partition coefficient (Wildman–Crippen LogP) is 2.17. The zero-order chi connectivity index (χ0) is 30.2. The normalized spacial score (nSPS) is 28.7. The van der Waals surface area contributed by atoms with Crippen LogP contribution in [0.25, 0.3) is 0 Å². The summed E-state index contributed by atoms with van der Waals surface area (Å²) >= 11 is 0. The number of hydrogen-bond donors (Lipinski definition) is 6. The summed E-state index contributed by atoms with van der Waals surface area (Å²) in [5, 5.41) is 47.7. The van der Waals surface area contributed by atoms with E-state index >= 15 is 0 Å². The molecule has 222 valence electrons. The SMILES string of the molecule is CN(C)[C@@H]1C(O)=C(C(N)=O)C(=O)[C@@]2(O)C(O)=C3C(=O)c4c(O)cc(CNC5CCCC5)c(C(F)(F)F)c4C[C@H]3C[C@@H]12. The lowest BCUT2D eigenvalue weighted by Crippen LogP contribution is -2.63. The highest BCUT2D eigenvalue weighted by Gasteiger charge is 2.63. The third-order valence-electron chi connectivity index (χ3n) is 9.03. The number of rotatable bonds is 5. The second-order valence-electron chi connectivity index (χ2n) is 11.6. The Hall–Kier alpha value is -3.42. The molecule has 1 saturated carbocycles. The number of Topliss-reactive ketones (excluding diaryl/α,β-unsaturated/α-hetero) is 2. The van der Waals surface area contributed by atoms with Gasteiger partial charge in [-0.25, -0.2) is 0 Å². The summed E-state index contributed by atoms with van der Waals surface area (Å²) < 4.78 is 43.7. The maximum atomic E-state index is 14.6. The molecule has 1 aromatic rings. The molecule has 13 heteroatoms. The van der Waals surface area contributed by atoms with Crippen LogP contribution < -0.4 is 11.1 Å². The molecule has 5 rings (SSSR count). The first-order valence-electron chi connectivity index (χ1n) is 13.4. The van der Waals surface area contributed by atoms with Crippen LogP contribution in [0.5, 0.6) is 5.75 Å². The molecule has 4 aliphatic rings. The van der Waals surface area contributed by atoms with Crippen LogP contribution in [0.1, 0.15) is 59.2 Å². The average Bonchev–Trinajstić information content (AvgIpc) is 3.37. The number of aliphatic hydroxyl groups excluding tert-OH is 2. The maximum absolute atomic E-state index is 14.6. The van der Waals surface area contributed by atoms with Gasteiger partial charge in [-0.15, -0.1) is 0 Å². The third-order valence-corrected chi connectivity index (χ3v) is 9.03. The highest BCUT2D eigenvalue weighted by atomic mass is 19.4. The molecule has 0 saturated heterocycles. The van der Waals surface area contributed by atoms with Crippen molar-refractivity contribution in [3.05, 3.63) is 51.0 Å². The molecule has 0 heterocycles. The number of carbonyl (C=O) groups is 3. The van der Waals surface area contributed by atoms with Crippen molar-refractivity contribution in [2.75, 3.05) is 14.1 Å².